The maximum Gasteiger partial charge on any atom is 0.228 e. The van der Waals surface area contributed by atoms with Crippen molar-refractivity contribution in [3.63, 3.8) is 0 Å². The van der Waals surface area contributed by atoms with E-state index in [0.717, 1.165) is 12.8 Å². The Balaban J connectivity index is 1.43. The Morgan fingerprint density at radius 2 is 2.30 bits per heavy atom. The van der Waals surface area contributed by atoms with Crippen LogP contribution in [0.15, 0.2) is 30.6 Å². The summed E-state index contributed by atoms with van der Waals surface area (Å²) in [5.41, 5.74) is 9.30. The number of carbonyl (C=O) groups is 1. The topological polar surface area (TPSA) is 107 Å². The van der Waals surface area contributed by atoms with Gasteiger partial charge in [0.15, 0.2) is 11.6 Å². The van der Waals surface area contributed by atoms with Gasteiger partial charge in [-0.25, -0.2) is 14.6 Å². The van der Waals surface area contributed by atoms with Crippen molar-refractivity contribution in [1.82, 2.24) is 14.6 Å². The molecule has 4 N–H and O–H groups in total. The van der Waals surface area contributed by atoms with Crippen molar-refractivity contribution in [2.45, 2.75) is 19.1 Å². The highest BCUT2D eigenvalue weighted by atomic mass is 16.5. The molecule has 0 spiro atoms. The van der Waals surface area contributed by atoms with Crippen LogP contribution in [0.2, 0.25) is 0 Å². The molecule has 1 amide bonds. The van der Waals surface area contributed by atoms with Crippen molar-refractivity contribution >= 4 is 23.5 Å². The van der Waals surface area contributed by atoms with E-state index in [9.17, 15) is 4.79 Å². The first-order chi connectivity index (χ1) is 11.2. The van der Waals surface area contributed by atoms with Crippen LogP contribution in [0.25, 0.3) is 6.08 Å². The van der Waals surface area contributed by atoms with Gasteiger partial charge in [-0.15, -0.1) is 0 Å². The molecule has 2 aliphatic rings. The third-order valence-corrected chi connectivity index (χ3v) is 3.63. The minimum absolute atomic E-state index is 0.0308. The van der Waals surface area contributed by atoms with Crippen LogP contribution in [0.5, 0.6) is 5.88 Å². The summed E-state index contributed by atoms with van der Waals surface area (Å²) in [4.78, 5) is 20.2. The molecule has 2 aromatic rings. The Morgan fingerprint density at radius 1 is 1.43 bits per heavy atom. The normalized spacial score (nSPS) is 18.9. The molecule has 1 aliphatic heterocycles. The van der Waals surface area contributed by atoms with Gasteiger partial charge in [-0.3, -0.25) is 10.2 Å². The van der Waals surface area contributed by atoms with Crippen molar-refractivity contribution in [1.29, 1.82) is 0 Å². The zero-order valence-electron chi connectivity index (χ0n) is 12.3. The third-order valence-electron chi connectivity index (χ3n) is 3.63. The van der Waals surface area contributed by atoms with E-state index in [2.05, 4.69) is 20.7 Å². The summed E-state index contributed by atoms with van der Waals surface area (Å²) in [6, 6.07) is 3.43. The van der Waals surface area contributed by atoms with Gasteiger partial charge in [-0.05, 0) is 31.1 Å². The lowest BCUT2D eigenvalue weighted by atomic mass is 10.4. The molecule has 0 bridgehead atoms. The fourth-order valence-corrected chi connectivity index (χ4v) is 2.26. The molecule has 8 nitrogen and oxygen atoms in total. The van der Waals surface area contributed by atoms with E-state index in [0.29, 0.717) is 23.2 Å². The Kier molecular flexibility index (Phi) is 3.14. The molecule has 0 aromatic carbocycles. The number of nitrogens with one attached hydrogen (secondary N) is 2. The van der Waals surface area contributed by atoms with Gasteiger partial charge in [-0.2, -0.15) is 0 Å². The molecule has 0 radical (unpaired) electrons. The van der Waals surface area contributed by atoms with Gasteiger partial charge in [0.25, 0.3) is 0 Å². The van der Waals surface area contributed by atoms with E-state index in [-0.39, 0.29) is 18.1 Å². The minimum atomic E-state index is -0.389. The van der Waals surface area contributed by atoms with E-state index in [1.165, 1.54) is 6.20 Å². The number of imidazole rings is 1. The zero-order valence-corrected chi connectivity index (χ0v) is 12.3. The maximum absolute atomic E-state index is 11.8. The van der Waals surface area contributed by atoms with Crippen LogP contribution in [0.3, 0.4) is 0 Å². The van der Waals surface area contributed by atoms with E-state index in [1.54, 1.807) is 23.0 Å². The number of ether oxygens (including phenoxy) is 1. The van der Waals surface area contributed by atoms with Crippen molar-refractivity contribution < 1.29 is 9.53 Å². The molecule has 2 aromatic heterocycles. The van der Waals surface area contributed by atoms with Crippen LogP contribution >= 0.6 is 0 Å². The summed E-state index contributed by atoms with van der Waals surface area (Å²) in [7, 11) is 0. The SMILES string of the molecule is Nc1ccc(OC2C=Cc3nc(NC(=O)C4CC4)cn3N2)nc1. The van der Waals surface area contributed by atoms with Gasteiger partial charge in [-0.1, -0.05) is 0 Å². The lowest BCUT2D eigenvalue weighted by Crippen LogP contribution is -2.34. The Bertz CT molecular complexity index is 763. The average molecular weight is 312 g/mol. The highest BCUT2D eigenvalue weighted by Gasteiger charge is 2.30. The second kappa shape index (κ2) is 5.31. The van der Waals surface area contributed by atoms with Crippen LogP contribution in [0.1, 0.15) is 18.7 Å². The number of carbonyl (C=O) groups excluding carboxylic acids is 1. The molecule has 23 heavy (non-hydrogen) atoms. The number of nitrogen functional groups attached to an aromatic ring is 1. The smallest absolute Gasteiger partial charge is 0.228 e. The number of nitrogens with two attached hydrogens (primary N) is 1. The minimum Gasteiger partial charge on any atom is -0.449 e. The number of pyridine rings is 1. The van der Waals surface area contributed by atoms with Crippen LogP contribution < -0.4 is 21.2 Å². The number of hydrogen-bond acceptors (Lipinski definition) is 6. The molecule has 1 fully saturated rings. The van der Waals surface area contributed by atoms with Gasteiger partial charge in [0.2, 0.25) is 18.0 Å². The molecule has 8 heteroatoms. The van der Waals surface area contributed by atoms with Gasteiger partial charge >= 0.3 is 0 Å². The van der Waals surface area contributed by atoms with Crippen molar-refractivity contribution in [3.8, 4) is 5.88 Å². The van der Waals surface area contributed by atoms with E-state index in [1.807, 2.05) is 12.2 Å². The fraction of sp³-hybridized carbons (Fsp3) is 0.267. The van der Waals surface area contributed by atoms with Crippen molar-refractivity contribution in [2.75, 3.05) is 16.5 Å². The number of aromatic nitrogens is 3. The van der Waals surface area contributed by atoms with E-state index in [4.69, 9.17) is 10.5 Å². The lowest BCUT2D eigenvalue weighted by Gasteiger charge is -2.21. The summed E-state index contributed by atoms with van der Waals surface area (Å²) < 4.78 is 7.42. The number of rotatable bonds is 4. The summed E-state index contributed by atoms with van der Waals surface area (Å²) in [6.07, 6.45) is 8.45. The van der Waals surface area contributed by atoms with Crippen LogP contribution in [0, 0.1) is 5.92 Å². The number of hydrogen-bond donors (Lipinski definition) is 3. The molecule has 0 saturated heterocycles. The summed E-state index contributed by atoms with van der Waals surface area (Å²) in [5, 5.41) is 2.82. The third kappa shape index (κ3) is 2.96. The first kappa shape index (κ1) is 13.6. The van der Waals surface area contributed by atoms with Gasteiger partial charge in [0.05, 0.1) is 18.1 Å². The number of nitrogens with zero attached hydrogens (tertiary/aromatic N) is 3. The molecule has 1 unspecified atom stereocenters. The number of fused-ring (bicyclic) bond motifs is 1. The average Bonchev–Trinajstić information content (AvgIpc) is 3.31. The Hall–Kier alpha value is -3.03. The molecular weight excluding hydrogens is 296 g/mol. The first-order valence-electron chi connectivity index (χ1n) is 7.40. The summed E-state index contributed by atoms with van der Waals surface area (Å²) in [6.45, 7) is 0. The lowest BCUT2D eigenvalue weighted by molar-refractivity contribution is -0.117. The predicted octanol–water partition coefficient (Wildman–Crippen LogP) is 1.18. The van der Waals surface area contributed by atoms with E-state index >= 15 is 0 Å². The molecule has 1 aliphatic carbocycles. The van der Waals surface area contributed by atoms with E-state index < -0.39 is 0 Å². The van der Waals surface area contributed by atoms with Gasteiger partial charge in [0.1, 0.15) is 0 Å². The molecule has 1 saturated carbocycles. The Morgan fingerprint density at radius 3 is 3.04 bits per heavy atom. The quantitative estimate of drug-likeness (QED) is 0.782. The van der Waals surface area contributed by atoms with Crippen LogP contribution in [0.4, 0.5) is 11.5 Å². The van der Waals surface area contributed by atoms with Crippen LogP contribution in [-0.2, 0) is 4.79 Å². The summed E-state index contributed by atoms with van der Waals surface area (Å²) >= 11 is 0. The second-order valence-corrected chi connectivity index (χ2v) is 5.57. The van der Waals surface area contributed by atoms with Crippen molar-refractivity contribution in [2.24, 2.45) is 5.92 Å². The number of anilines is 2. The summed E-state index contributed by atoms with van der Waals surface area (Å²) in [5.74, 6) is 1.86. The highest BCUT2D eigenvalue weighted by Crippen LogP contribution is 2.30. The molecular formula is C15H16N6O2. The molecule has 3 heterocycles. The number of amides is 1. The fourth-order valence-electron chi connectivity index (χ4n) is 2.26. The highest BCUT2D eigenvalue weighted by molar-refractivity contribution is 5.93. The standard InChI is InChI=1S/C15H16N6O2/c16-10-3-5-13(17-7-10)23-14-6-4-12-18-11(8-21(12)20-14)19-15(22)9-1-2-9/h3-9,14,20H,1-2,16H2,(H,19,22). The Labute approximate surface area is 132 Å². The molecule has 118 valence electrons. The zero-order chi connectivity index (χ0) is 15.8. The maximum atomic E-state index is 11.8. The largest absolute Gasteiger partial charge is 0.449 e. The van der Waals surface area contributed by atoms with Gasteiger partial charge in [0, 0.05) is 12.0 Å². The van der Waals surface area contributed by atoms with Crippen LogP contribution in [-0.4, -0.2) is 26.8 Å². The predicted molar refractivity (Wildman–Crippen MR) is 85.0 cm³/mol. The molecule has 1 atom stereocenters. The van der Waals surface area contributed by atoms with Gasteiger partial charge < -0.3 is 15.8 Å². The second-order valence-electron chi connectivity index (χ2n) is 5.57. The molecule has 4 rings (SSSR count). The monoisotopic (exact) mass is 312 g/mol. The first-order valence-corrected chi connectivity index (χ1v) is 7.40. The van der Waals surface area contributed by atoms with Crippen molar-refractivity contribution in [3.05, 3.63) is 36.4 Å².